The number of carbonyl (C=O) groups excluding carboxylic acids is 1. The van der Waals surface area contributed by atoms with Gasteiger partial charge < -0.3 is 10.3 Å². The number of nitrogens with zero attached hydrogens (tertiary/aromatic N) is 3. The molecule has 1 aromatic carbocycles. The molecule has 0 saturated heterocycles. The molecule has 134 valence electrons. The van der Waals surface area contributed by atoms with Gasteiger partial charge >= 0.3 is 0 Å². The molecule has 3 aromatic rings. The standard InChI is InChI=1S/C18H18ClN5O2/c1-11(17(25)22-15-8-7-12(19)9-20-15)24(2)10-16-21-14-6-4-3-5-13(14)18(26)23-16/h3-9,11H,10H2,1-2H3,(H,20,22,25)(H,21,23,26). The number of amides is 1. The van der Waals surface area contributed by atoms with Crippen LogP contribution in [0.1, 0.15) is 12.7 Å². The molecular weight excluding hydrogens is 354 g/mol. The van der Waals surface area contributed by atoms with Crippen molar-refractivity contribution in [2.75, 3.05) is 12.4 Å². The summed E-state index contributed by atoms with van der Waals surface area (Å²) in [5.74, 6) is 0.711. The van der Waals surface area contributed by atoms with Crippen LogP contribution < -0.4 is 10.9 Å². The van der Waals surface area contributed by atoms with E-state index in [2.05, 4.69) is 20.3 Å². The number of carbonyl (C=O) groups is 1. The highest BCUT2D eigenvalue weighted by Crippen LogP contribution is 2.11. The molecule has 0 radical (unpaired) electrons. The molecule has 0 bridgehead atoms. The lowest BCUT2D eigenvalue weighted by molar-refractivity contribution is -0.120. The number of rotatable bonds is 5. The number of aromatic nitrogens is 3. The molecule has 1 unspecified atom stereocenters. The topological polar surface area (TPSA) is 91.0 Å². The Labute approximate surface area is 155 Å². The van der Waals surface area contributed by atoms with E-state index in [1.807, 2.05) is 6.07 Å². The summed E-state index contributed by atoms with van der Waals surface area (Å²) in [4.78, 5) is 37.6. The smallest absolute Gasteiger partial charge is 0.258 e. The van der Waals surface area contributed by atoms with Crippen LogP contribution in [-0.4, -0.2) is 38.8 Å². The number of H-pyrrole nitrogens is 1. The molecule has 7 nitrogen and oxygen atoms in total. The lowest BCUT2D eigenvalue weighted by atomic mass is 10.2. The van der Waals surface area contributed by atoms with Crippen LogP contribution in [-0.2, 0) is 11.3 Å². The van der Waals surface area contributed by atoms with E-state index in [9.17, 15) is 9.59 Å². The van der Waals surface area contributed by atoms with Crippen LogP contribution in [0.2, 0.25) is 5.02 Å². The lowest BCUT2D eigenvalue weighted by Crippen LogP contribution is -2.39. The Morgan fingerprint density at radius 2 is 2.08 bits per heavy atom. The molecule has 2 N–H and O–H groups in total. The highest BCUT2D eigenvalue weighted by Gasteiger charge is 2.19. The third kappa shape index (κ3) is 4.07. The zero-order chi connectivity index (χ0) is 18.7. The zero-order valence-electron chi connectivity index (χ0n) is 14.4. The molecule has 1 atom stereocenters. The van der Waals surface area contributed by atoms with Crippen molar-refractivity contribution in [3.63, 3.8) is 0 Å². The summed E-state index contributed by atoms with van der Waals surface area (Å²) in [7, 11) is 1.79. The molecule has 2 aromatic heterocycles. The van der Waals surface area contributed by atoms with Crippen molar-refractivity contribution in [3.8, 4) is 0 Å². The summed E-state index contributed by atoms with van der Waals surface area (Å²) < 4.78 is 0. The van der Waals surface area contributed by atoms with Crippen LogP contribution in [0.4, 0.5) is 5.82 Å². The number of benzene rings is 1. The number of para-hydroxylation sites is 1. The second-order valence-corrected chi connectivity index (χ2v) is 6.41. The molecule has 8 heteroatoms. The van der Waals surface area contributed by atoms with E-state index in [1.54, 1.807) is 49.2 Å². The first-order valence-corrected chi connectivity index (χ1v) is 8.42. The van der Waals surface area contributed by atoms with Gasteiger partial charge in [0.05, 0.1) is 28.5 Å². The summed E-state index contributed by atoms with van der Waals surface area (Å²) in [6, 6.07) is 9.97. The first-order valence-electron chi connectivity index (χ1n) is 8.04. The van der Waals surface area contributed by atoms with Crippen molar-refractivity contribution in [2.45, 2.75) is 19.5 Å². The maximum Gasteiger partial charge on any atom is 0.258 e. The van der Waals surface area contributed by atoms with Crippen molar-refractivity contribution in [2.24, 2.45) is 0 Å². The largest absolute Gasteiger partial charge is 0.309 e. The fourth-order valence-electron chi connectivity index (χ4n) is 2.46. The molecule has 0 aliphatic heterocycles. The zero-order valence-corrected chi connectivity index (χ0v) is 15.1. The van der Waals surface area contributed by atoms with Gasteiger partial charge in [-0.25, -0.2) is 9.97 Å². The van der Waals surface area contributed by atoms with Gasteiger partial charge in [0, 0.05) is 6.20 Å². The quantitative estimate of drug-likeness (QED) is 0.718. The van der Waals surface area contributed by atoms with Gasteiger partial charge in [-0.15, -0.1) is 0 Å². The predicted octanol–water partition coefficient (Wildman–Crippen LogP) is 2.43. The number of fused-ring (bicyclic) bond motifs is 1. The number of likely N-dealkylation sites (N-methyl/N-ethyl adjacent to an activating group) is 1. The number of hydrogen-bond acceptors (Lipinski definition) is 5. The van der Waals surface area contributed by atoms with Gasteiger partial charge in [-0.3, -0.25) is 14.5 Å². The number of halogens is 1. The molecule has 26 heavy (non-hydrogen) atoms. The summed E-state index contributed by atoms with van der Waals surface area (Å²) in [6.07, 6.45) is 1.47. The van der Waals surface area contributed by atoms with Crippen molar-refractivity contribution in [1.82, 2.24) is 19.9 Å². The normalized spacial score (nSPS) is 12.3. The van der Waals surface area contributed by atoms with Gasteiger partial charge in [-0.05, 0) is 38.2 Å². The summed E-state index contributed by atoms with van der Waals surface area (Å²) >= 11 is 5.79. The number of anilines is 1. The SMILES string of the molecule is CC(C(=O)Nc1ccc(Cl)cn1)N(C)Cc1nc2ccccc2c(=O)[nH]1. The number of aromatic amines is 1. The fraction of sp³-hybridized carbons (Fsp3) is 0.222. The van der Waals surface area contributed by atoms with E-state index >= 15 is 0 Å². The average molecular weight is 372 g/mol. The van der Waals surface area contributed by atoms with Gasteiger partial charge in [0.25, 0.3) is 5.56 Å². The Bertz CT molecular complexity index is 987. The Kier molecular flexibility index (Phi) is 5.29. The van der Waals surface area contributed by atoms with Crippen LogP contribution in [0.3, 0.4) is 0 Å². The molecular formula is C18H18ClN5O2. The highest BCUT2D eigenvalue weighted by molar-refractivity contribution is 6.30. The molecule has 3 rings (SSSR count). The maximum atomic E-state index is 12.4. The number of pyridine rings is 1. The van der Waals surface area contributed by atoms with Gasteiger partial charge in [0.15, 0.2) is 0 Å². The number of nitrogens with one attached hydrogen (secondary N) is 2. The lowest BCUT2D eigenvalue weighted by Gasteiger charge is -2.23. The average Bonchev–Trinajstić information content (AvgIpc) is 2.63. The minimum absolute atomic E-state index is 0.193. The van der Waals surface area contributed by atoms with Gasteiger partial charge in [-0.1, -0.05) is 23.7 Å². The molecule has 0 aliphatic carbocycles. The van der Waals surface area contributed by atoms with Gasteiger partial charge in [-0.2, -0.15) is 0 Å². The van der Waals surface area contributed by atoms with E-state index in [1.165, 1.54) is 6.20 Å². The summed E-state index contributed by atoms with van der Waals surface area (Å²) in [5, 5.41) is 3.77. The van der Waals surface area contributed by atoms with Crippen molar-refractivity contribution in [1.29, 1.82) is 0 Å². The van der Waals surface area contributed by atoms with Crippen LogP contribution >= 0.6 is 11.6 Å². The monoisotopic (exact) mass is 371 g/mol. The molecule has 1 amide bonds. The summed E-state index contributed by atoms with van der Waals surface area (Å²) in [6.45, 7) is 2.09. The highest BCUT2D eigenvalue weighted by atomic mass is 35.5. The number of hydrogen-bond donors (Lipinski definition) is 2. The molecule has 0 saturated carbocycles. The fourth-order valence-corrected chi connectivity index (χ4v) is 2.58. The van der Waals surface area contributed by atoms with Gasteiger partial charge in [0.1, 0.15) is 11.6 Å². The van der Waals surface area contributed by atoms with Crippen molar-refractivity contribution >= 4 is 34.2 Å². The van der Waals surface area contributed by atoms with Crippen molar-refractivity contribution in [3.05, 3.63) is 63.8 Å². The Balaban J connectivity index is 1.70. The van der Waals surface area contributed by atoms with Crippen LogP contribution in [0.15, 0.2) is 47.4 Å². The Morgan fingerprint density at radius 3 is 2.81 bits per heavy atom. The van der Waals surface area contributed by atoms with Crippen LogP contribution in [0.5, 0.6) is 0 Å². The first kappa shape index (κ1) is 18.0. The third-order valence-electron chi connectivity index (χ3n) is 4.08. The van der Waals surface area contributed by atoms with Crippen molar-refractivity contribution < 1.29 is 4.79 Å². The van der Waals surface area contributed by atoms with E-state index in [0.717, 1.165) is 0 Å². The van der Waals surface area contributed by atoms with Crippen LogP contribution in [0, 0.1) is 0 Å². The second-order valence-electron chi connectivity index (χ2n) is 5.97. The van der Waals surface area contributed by atoms with Crippen LogP contribution in [0.25, 0.3) is 10.9 Å². The second kappa shape index (κ2) is 7.63. The Hall–Kier alpha value is -2.77. The molecule has 0 spiro atoms. The molecule has 0 aliphatic rings. The van der Waals surface area contributed by atoms with E-state index in [0.29, 0.717) is 34.1 Å². The summed E-state index contributed by atoms with van der Waals surface area (Å²) in [5.41, 5.74) is 0.434. The molecule has 0 fully saturated rings. The molecule has 2 heterocycles. The third-order valence-corrected chi connectivity index (χ3v) is 4.30. The van der Waals surface area contributed by atoms with E-state index < -0.39 is 6.04 Å². The van der Waals surface area contributed by atoms with E-state index in [4.69, 9.17) is 11.6 Å². The predicted molar refractivity (Wildman–Crippen MR) is 101 cm³/mol. The maximum absolute atomic E-state index is 12.4. The van der Waals surface area contributed by atoms with E-state index in [-0.39, 0.29) is 11.5 Å². The Morgan fingerprint density at radius 1 is 1.31 bits per heavy atom. The minimum Gasteiger partial charge on any atom is -0.309 e. The minimum atomic E-state index is -0.454. The van der Waals surface area contributed by atoms with Gasteiger partial charge in [0.2, 0.25) is 5.91 Å². The first-order chi connectivity index (χ1) is 12.4.